The fourth-order valence-electron chi connectivity index (χ4n) is 2.17. The maximum absolute atomic E-state index is 5.57. The summed E-state index contributed by atoms with van der Waals surface area (Å²) in [6.07, 6.45) is 0.939. The Bertz CT molecular complexity index is 570. The number of aryl methyl sites for hydroxylation is 1. The lowest BCUT2D eigenvalue weighted by atomic mass is 10.00. The molecule has 0 saturated carbocycles. The van der Waals surface area contributed by atoms with Gasteiger partial charge in [0.05, 0.1) is 7.11 Å². The van der Waals surface area contributed by atoms with E-state index in [-0.39, 0.29) is 0 Å². The molecule has 0 unspecified atom stereocenters. The molecular formula is C16H20N2O2. The molecular weight excluding hydrogens is 252 g/mol. The fraction of sp³-hybridized carbons (Fsp3) is 0.250. The predicted molar refractivity (Wildman–Crippen MR) is 80.6 cm³/mol. The molecule has 4 nitrogen and oxygen atoms in total. The summed E-state index contributed by atoms with van der Waals surface area (Å²) in [7, 11) is 3.46. The van der Waals surface area contributed by atoms with Gasteiger partial charge < -0.3 is 9.57 Å². The highest BCUT2D eigenvalue weighted by Gasteiger charge is 2.10. The van der Waals surface area contributed by atoms with Crippen LogP contribution in [0.5, 0.6) is 11.5 Å². The van der Waals surface area contributed by atoms with Gasteiger partial charge >= 0.3 is 0 Å². The third kappa shape index (κ3) is 3.10. The normalized spacial score (nSPS) is 10.3. The van der Waals surface area contributed by atoms with Gasteiger partial charge in [0, 0.05) is 12.6 Å². The van der Waals surface area contributed by atoms with Crippen LogP contribution in [0.25, 0.3) is 11.1 Å². The molecule has 0 amide bonds. The maximum atomic E-state index is 5.57. The SMILES string of the molecule is CCc1cccc(-c2cccc(ONNC)c2)c1OC. The number of nitrogens with one attached hydrogen (secondary N) is 2. The van der Waals surface area contributed by atoms with E-state index < -0.39 is 0 Å². The third-order valence-corrected chi connectivity index (χ3v) is 3.10. The first-order valence-electron chi connectivity index (χ1n) is 6.65. The van der Waals surface area contributed by atoms with E-state index >= 15 is 0 Å². The topological polar surface area (TPSA) is 42.5 Å². The Morgan fingerprint density at radius 1 is 1.10 bits per heavy atom. The number of para-hydroxylation sites is 1. The van der Waals surface area contributed by atoms with Crippen molar-refractivity contribution >= 4 is 0 Å². The van der Waals surface area contributed by atoms with Crippen LogP contribution in [0.1, 0.15) is 12.5 Å². The molecule has 20 heavy (non-hydrogen) atoms. The minimum atomic E-state index is 0.737. The van der Waals surface area contributed by atoms with E-state index in [9.17, 15) is 0 Å². The summed E-state index contributed by atoms with van der Waals surface area (Å²) in [5, 5.41) is 0. The molecule has 2 N–H and O–H groups in total. The summed E-state index contributed by atoms with van der Waals surface area (Å²) in [5.74, 6) is 1.66. The zero-order valence-corrected chi connectivity index (χ0v) is 12.1. The zero-order valence-electron chi connectivity index (χ0n) is 12.1. The Balaban J connectivity index is 2.40. The third-order valence-electron chi connectivity index (χ3n) is 3.10. The van der Waals surface area contributed by atoms with E-state index in [0.717, 1.165) is 29.0 Å². The van der Waals surface area contributed by atoms with Gasteiger partial charge in [-0.15, -0.1) is 0 Å². The molecule has 0 spiro atoms. The van der Waals surface area contributed by atoms with Crippen molar-refractivity contribution in [2.75, 3.05) is 14.2 Å². The van der Waals surface area contributed by atoms with Gasteiger partial charge in [0.25, 0.3) is 0 Å². The second-order valence-electron chi connectivity index (χ2n) is 4.33. The van der Waals surface area contributed by atoms with Crippen molar-refractivity contribution in [2.24, 2.45) is 0 Å². The van der Waals surface area contributed by atoms with E-state index in [2.05, 4.69) is 36.1 Å². The molecule has 0 saturated heterocycles. The predicted octanol–water partition coefficient (Wildman–Crippen LogP) is 2.94. The zero-order chi connectivity index (χ0) is 14.4. The number of benzene rings is 2. The monoisotopic (exact) mass is 272 g/mol. The summed E-state index contributed by atoms with van der Waals surface area (Å²) >= 11 is 0. The first kappa shape index (κ1) is 14.4. The van der Waals surface area contributed by atoms with Crippen LogP contribution in [0, 0.1) is 0 Å². The Kier molecular flexibility index (Phi) is 4.98. The van der Waals surface area contributed by atoms with Gasteiger partial charge in [0.2, 0.25) is 0 Å². The summed E-state index contributed by atoms with van der Waals surface area (Å²) < 4.78 is 5.57. The molecule has 2 aromatic carbocycles. The van der Waals surface area contributed by atoms with Crippen LogP contribution in [0.3, 0.4) is 0 Å². The molecule has 0 aliphatic carbocycles. The van der Waals surface area contributed by atoms with Gasteiger partial charge in [-0.1, -0.05) is 42.8 Å². The fourth-order valence-corrected chi connectivity index (χ4v) is 2.17. The molecule has 0 bridgehead atoms. The summed E-state index contributed by atoms with van der Waals surface area (Å²) in [4.78, 5) is 5.35. The minimum absolute atomic E-state index is 0.737. The lowest BCUT2D eigenvalue weighted by Gasteiger charge is -2.13. The molecule has 2 rings (SSSR count). The second-order valence-corrected chi connectivity index (χ2v) is 4.33. The van der Waals surface area contributed by atoms with Crippen molar-refractivity contribution in [3.8, 4) is 22.6 Å². The van der Waals surface area contributed by atoms with Gasteiger partial charge in [0.15, 0.2) is 0 Å². The van der Waals surface area contributed by atoms with E-state index in [4.69, 9.17) is 9.57 Å². The maximum Gasteiger partial charge on any atom is 0.149 e. The van der Waals surface area contributed by atoms with Gasteiger partial charge in [-0.2, -0.15) is 0 Å². The van der Waals surface area contributed by atoms with Gasteiger partial charge in [0.1, 0.15) is 11.5 Å². The molecule has 106 valence electrons. The lowest BCUT2D eigenvalue weighted by molar-refractivity contribution is 0.160. The van der Waals surface area contributed by atoms with Crippen LogP contribution in [0.15, 0.2) is 42.5 Å². The van der Waals surface area contributed by atoms with Gasteiger partial charge in [-0.3, -0.25) is 0 Å². The molecule has 2 aromatic rings. The molecule has 0 aliphatic heterocycles. The van der Waals surface area contributed by atoms with Crippen LogP contribution in [-0.4, -0.2) is 14.2 Å². The average Bonchev–Trinajstić information content (AvgIpc) is 2.52. The summed E-state index contributed by atoms with van der Waals surface area (Å²) in [6, 6.07) is 14.1. The first-order valence-corrected chi connectivity index (χ1v) is 6.65. The Morgan fingerprint density at radius 3 is 2.60 bits per heavy atom. The van der Waals surface area contributed by atoms with Crippen LogP contribution >= 0.6 is 0 Å². The quantitative estimate of drug-likeness (QED) is 0.793. The average molecular weight is 272 g/mol. The highest BCUT2D eigenvalue weighted by molar-refractivity contribution is 5.73. The largest absolute Gasteiger partial charge is 0.496 e. The van der Waals surface area contributed by atoms with E-state index in [1.165, 1.54) is 5.56 Å². The first-order chi connectivity index (χ1) is 9.80. The molecule has 0 radical (unpaired) electrons. The number of hydrazine groups is 1. The molecule has 4 heteroatoms. The van der Waals surface area contributed by atoms with Gasteiger partial charge in [-0.05, 0) is 29.7 Å². The Hall–Kier alpha value is -2.04. The van der Waals surface area contributed by atoms with Crippen molar-refractivity contribution in [1.29, 1.82) is 0 Å². The van der Waals surface area contributed by atoms with E-state index in [1.807, 2.05) is 24.3 Å². The number of hydrogen-bond acceptors (Lipinski definition) is 4. The van der Waals surface area contributed by atoms with Gasteiger partial charge in [-0.25, -0.2) is 5.43 Å². The molecule has 0 atom stereocenters. The smallest absolute Gasteiger partial charge is 0.149 e. The Labute approximate surface area is 119 Å². The van der Waals surface area contributed by atoms with Crippen molar-refractivity contribution in [1.82, 2.24) is 11.0 Å². The molecule has 0 heterocycles. The van der Waals surface area contributed by atoms with Crippen molar-refractivity contribution in [3.63, 3.8) is 0 Å². The van der Waals surface area contributed by atoms with Crippen LogP contribution < -0.4 is 20.6 Å². The standard InChI is InChI=1S/C16H20N2O2/c1-4-12-7-6-10-15(16(12)19-3)13-8-5-9-14(11-13)20-18-17-2/h5-11,17-18H,4H2,1-3H3. The molecule has 0 aliphatic rings. The Morgan fingerprint density at radius 2 is 1.90 bits per heavy atom. The number of rotatable bonds is 6. The number of hydrogen-bond donors (Lipinski definition) is 2. The number of ether oxygens (including phenoxy) is 1. The van der Waals surface area contributed by atoms with Crippen LogP contribution in [0.4, 0.5) is 0 Å². The lowest BCUT2D eigenvalue weighted by Crippen LogP contribution is -2.30. The van der Waals surface area contributed by atoms with Crippen molar-refractivity contribution in [3.05, 3.63) is 48.0 Å². The van der Waals surface area contributed by atoms with E-state index in [0.29, 0.717) is 0 Å². The van der Waals surface area contributed by atoms with Crippen LogP contribution in [0.2, 0.25) is 0 Å². The van der Waals surface area contributed by atoms with Crippen LogP contribution in [-0.2, 0) is 6.42 Å². The highest BCUT2D eigenvalue weighted by atomic mass is 16.7. The second kappa shape index (κ2) is 6.93. The summed E-state index contributed by atoms with van der Waals surface area (Å²) in [5.41, 5.74) is 8.66. The van der Waals surface area contributed by atoms with E-state index in [1.54, 1.807) is 14.2 Å². The van der Waals surface area contributed by atoms with Crippen molar-refractivity contribution in [2.45, 2.75) is 13.3 Å². The molecule has 0 aromatic heterocycles. The molecule has 0 fully saturated rings. The van der Waals surface area contributed by atoms with Crippen molar-refractivity contribution < 1.29 is 9.57 Å². The number of methoxy groups -OCH3 is 1. The highest BCUT2D eigenvalue weighted by Crippen LogP contribution is 2.34. The minimum Gasteiger partial charge on any atom is -0.496 e. The summed E-state index contributed by atoms with van der Waals surface area (Å²) in [6.45, 7) is 2.12.